The lowest BCUT2D eigenvalue weighted by Gasteiger charge is -2.19. The average Bonchev–Trinajstić information content (AvgIpc) is 3.29. The zero-order valence-electron chi connectivity index (χ0n) is 16.7. The van der Waals surface area contributed by atoms with Gasteiger partial charge in [-0.05, 0) is 24.3 Å². The molecule has 11 nitrogen and oxygen atoms in total. The molecule has 0 aliphatic carbocycles. The van der Waals surface area contributed by atoms with Crippen molar-refractivity contribution in [1.29, 1.82) is 0 Å². The van der Waals surface area contributed by atoms with Gasteiger partial charge in [0.25, 0.3) is 0 Å². The van der Waals surface area contributed by atoms with Gasteiger partial charge in [-0.15, -0.1) is 0 Å². The maximum absolute atomic E-state index is 10.5. The molecule has 13 heteroatoms. The minimum absolute atomic E-state index is 0.0324. The zero-order valence-corrected chi connectivity index (χ0v) is 18.2. The van der Waals surface area contributed by atoms with Crippen molar-refractivity contribution in [2.75, 3.05) is 24.7 Å². The van der Waals surface area contributed by atoms with Crippen LogP contribution in [0.5, 0.6) is 5.75 Å². The maximum atomic E-state index is 10.5. The number of nitrogens with zero attached hydrogens (tertiary/aromatic N) is 4. The van der Waals surface area contributed by atoms with E-state index in [1.54, 1.807) is 24.3 Å². The Morgan fingerprint density at radius 3 is 2.66 bits per heavy atom. The van der Waals surface area contributed by atoms with Crippen LogP contribution in [0.2, 0.25) is 5.02 Å². The number of thioether (sulfide) groups is 1. The second-order valence-electron chi connectivity index (χ2n) is 7.15. The number of nitrogen functional groups attached to an aromatic ring is 1. The predicted molar refractivity (Wildman–Crippen MR) is 116 cm³/mol. The van der Waals surface area contributed by atoms with Crippen LogP contribution in [0.3, 0.4) is 0 Å². The summed E-state index contributed by atoms with van der Waals surface area (Å²) in [7, 11) is 0. The number of benzene rings is 1. The van der Waals surface area contributed by atoms with E-state index >= 15 is 0 Å². The summed E-state index contributed by atoms with van der Waals surface area (Å²) in [5.74, 6) is 0.896. The van der Waals surface area contributed by atoms with Gasteiger partial charge in [-0.1, -0.05) is 23.4 Å². The molecule has 3 heterocycles. The molecule has 1 aliphatic heterocycles. The minimum Gasteiger partial charge on any atom is -0.491 e. The third kappa shape index (κ3) is 4.62. The van der Waals surface area contributed by atoms with Crippen LogP contribution in [-0.4, -0.2) is 83.3 Å². The molecule has 0 amide bonds. The highest BCUT2D eigenvalue weighted by molar-refractivity contribution is 7.99. The van der Waals surface area contributed by atoms with Gasteiger partial charge < -0.3 is 35.6 Å². The van der Waals surface area contributed by atoms with Gasteiger partial charge in [-0.25, -0.2) is 15.0 Å². The summed E-state index contributed by atoms with van der Waals surface area (Å²) in [5.41, 5.74) is 6.51. The molecule has 0 spiro atoms. The second kappa shape index (κ2) is 9.75. The Kier molecular flexibility index (Phi) is 7.00. The Hall–Kier alpha value is -2.19. The Morgan fingerprint density at radius 1 is 1.22 bits per heavy atom. The highest BCUT2D eigenvalue weighted by atomic mass is 35.5. The molecule has 0 bridgehead atoms. The van der Waals surface area contributed by atoms with Gasteiger partial charge in [0.05, 0.1) is 12.7 Å². The molecule has 1 aromatic carbocycles. The number of hydrogen-bond acceptors (Lipinski definition) is 11. The van der Waals surface area contributed by atoms with Crippen molar-refractivity contribution >= 4 is 40.3 Å². The van der Waals surface area contributed by atoms with E-state index in [4.69, 9.17) is 26.8 Å². The van der Waals surface area contributed by atoms with E-state index in [9.17, 15) is 20.4 Å². The lowest BCUT2D eigenvalue weighted by molar-refractivity contribution is -0.0548. The molecule has 0 radical (unpaired) electrons. The van der Waals surface area contributed by atoms with Gasteiger partial charge in [0.15, 0.2) is 28.4 Å². The van der Waals surface area contributed by atoms with E-state index in [0.717, 1.165) is 0 Å². The van der Waals surface area contributed by atoms with Crippen molar-refractivity contribution in [3.05, 3.63) is 35.6 Å². The summed E-state index contributed by atoms with van der Waals surface area (Å²) in [5, 5.41) is 41.4. The van der Waals surface area contributed by atoms with Gasteiger partial charge in [-0.2, -0.15) is 0 Å². The lowest BCUT2D eigenvalue weighted by atomic mass is 10.1. The predicted octanol–water partition coefficient (Wildman–Crippen LogP) is 0.205. The van der Waals surface area contributed by atoms with E-state index in [2.05, 4.69) is 15.0 Å². The van der Waals surface area contributed by atoms with E-state index in [1.165, 1.54) is 22.7 Å². The van der Waals surface area contributed by atoms with Crippen LogP contribution in [0.25, 0.3) is 11.2 Å². The molecule has 1 fully saturated rings. The number of aromatic nitrogens is 4. The Labute approximate surface area is 191 Å². The number of imidazole rings is 1. The zero-order chi connectivity index (χ0) is 22.8. The molecule has 0 saturated carbocycles. The molecule has 1 aliphatic rings. The normalized spacial score (nSPS) is 24.2. The highest BCUT2D eigenvalue weighted by Crippen LogP contribution is 2.36. The molecule has 6 N–H and O–H groups in total. The Bertz CT molecular complexity index is 1070. The van der Waals surface area contributed by atoms with Crippen molar-refractivity contribution < 1.29 is 29.9 Å². The fourth-order valence-corrected chi connectivity index (χ4v) is 4.32. The minimum atomic E-state index is -1.33. The largest absolute Gasteiger partial charge is 0.491 e. The van der Waals surface area contributed by atoms with Crippen molar-refractivity contribution in [1.82, 2.24) is 19.5 Å². The van der Waals surface area contributed by atoms with Crippen molar-refractivity contribution in [2.24, 2.45) is 0 Å². The molecule has 5 atom stereocenters. The summed E-state index contributed by atoms with van der Waals surface area (Å²) in [4.78, 5) is 12.6. The number of hydrogen-bond donors (Lipinski definition) is 5. The SMILES string of the molecule is Nc1ncnc2c1nc(SC[C@H](O)COc1ccc(Cl)cc1)n2[C@@H]1O[C@H](CO)[C@@H](O)[C@H]1O. The number of rotatable bonds is 8. The topological polar surface area (TPSA) is 169 Å². The molecular weight excluding hydrogens is 462 g/mol. The molecule has 32 heavy (non-hydrogen) atoms. The van der Waals surface area contributed by atoms with E-state index < -0.39 is 37.3 Å². The van der Waals surface area contributed by atoms with Gasteiger partial charge in [-0.3, -0.25) is 4.57 Å². The number of ether oxygens (including phenoxy) is 2. The molecule has 2 aromatic heterocycles. The van der Waals surface area contributed by atoms with Crippen LogP contribution in [-0.2, 0) is 4.74 Å². The number of aliphatic hydroxyl groups excluding tert-OH is 4. The van der Waals surface area contributed by atoms with Crippen molar-refractivity contribution in [3.8, 4) is 5.75 Å². The first-order chi connectivity index (χ1) is 15.4. The monoisotopic (exact) mass is 483 g/mol. The molecule has 172 valence electrons. The molecule has 3 aromatic rings. The van der Waals surface area contributed by atoms with E-state index in [-0.39, 0.29) is 18.2 Å². The molecule has 0 unspecified atom stereocenters. The van der Waals surface area contributed by atoms with Crippen molar-refractivity contribution in [2.45, 2.75) is 35.8 Å². The summed E-state index contributed by atoms with van der Waals surface area (Å²) in [6.07, 6.45) is -4.26. The summed E-state index contributed by atoms with van der Waals surface area (Å²) in [6.45, 7) is -0.438. The van der Waals surface area contributed by atoms with Crippen LogP contribution in [0.4, 0.5) is 5.82 Å². The van der Waals surface area contributed by atoms with E-state index in [1.807, 2.05) is 0 Å². The standard InChI is InChI=1S/C19H22ClN5O6S/c20-9-1-3-11(4-2-9)30-6-10(27)7-32-19-24-13-16(21)22-8-23-17(13)25(19)18-15(29)14(28)12(5-26)31-18/h1-4,8,10,12,14-15,18,26-29H,5-7H2,(H2,21,22,23)/t10-,12-,14-,15-,18-/m1/s1. The number of fused-ring (bicyclic) bond motifs is 1. The first-order valence-corrected chi connectivity index (χ1v) is 11.1. The Morgan fingerprint density at radius 2 is 1.97 bits per heavy atom. The van der Waals surface area contributed by atoms with Crippen LogP contribution >= 0.6 is 23.4 Å². The third-order valence-corrected chi connectivity index (χ3v) is 6.26. The maximum Gasteiger partial charge on any atom is 0.172 e. The van der Waals surface area contributed by atoms with Crippen LogP contribution < -0.4 is 10.5 Å². The Balaban J connectivity index is 1.52. The van der Waals surface area contributed by atoms with Crippen LogP contribution in [0.15, 0.2) is 35.7 Å². The third-order valence-electron chi connectivity index (χ3n) is 4.91. The number of aliphatic hydroxyl groups is 4. The number of anilines is 1. The van der Waals surface area contributed by atoms with Gasteiger partial charge in [0.2, 0.25) is 0 Å². The first-order valence-electron chi connectivity index (χ1n) is 9.69. The molecule has 1 saturated heterocycles. The quantitative estimate of drug-likeness (QED) is 0.277. The number of nitrogens with two attached hydrogens (primary N) is 1. The van der Waals surface area contributed by atoms with E-state index in [0.29, 0.717) is 27.1 Å². The van der Waals surface area contributed by atoms with Gasteiger partial charge in [0, 0.05) is 10.8 Å². The average molecular weight is 484 g/mol. The van der Waals surface area contributed by atoms with Crippen LogP contribution in [0, 0.1) is 0 Å². The smallest absolute Gasteiger partial charge is 0.172 e. The van der Waals surface area contributed by atoms with Gasteiger partial charge in [0.1, 0.15) is 37.0 Å². The summed E-state index contributed by atoms with van der Waals surface area (Å²) < 4.78 is 12.7. The number of halogens is 1. The lowest BCUT2D eigenvalue weighted by Crippen LogP contribution is -2.33. The van der Waals surface area contributed by atoms with Crippen molar-refractivity contribution in [3.63, 3.8) is 0 Å². The first kappa shape index (κ1) is 23.0. The van der Waals surface area contributed by atoms with Crippen LogP contribution in [0.1, 0.15) is 6.23 Å². The second-order valence-corrected chi connectivity index (χ2v) is 8.58. The fraction of sp³-hybridized carbons (Fsp3) is 0.421. The fourth-order valence-electron chi connectivity index (χ4n) is 3.27. The highest BCUT2D eigenvalue weighted by Gasteiger charge is 2.45. The summed E-state index contributed by atoms with van der Waals surface area (Å²) in [6, 6.07) is 6.77. The summed E-state index contributed by atoms with van der Waals surface area (Å²) >= 11 is 7.02. The molecule has 4 rings (SSSR count). The van der Waals surface area contributed by atoms with Gasteiger partial charge >= 0.3 is 0 Å². The molecular formula is C19H22ClN5O6S.